The summed E-state index contributed by atoms with van der Waals surface area (Å²) in [7, 11) is 0. The zero-order valence-electron chi connectivity index (χ0n) is 10.5. The van der Waals surface area contributed by atoms with E-state index in [-0.39, 0.29) is 5.91 Å². The number of likely N-dealkylation sites (N-methyl/N-ethyl adjacent to an activating group) is 1. The SMILES string of the molecule is CCNC(=O)CN1C[C@H](c2ccsc2)C[C@@H]1C. The lowest BCUT2D eigenvalue weighted by molar-refractivity contribution is -0.122. The third-order valence-corrected chi connectivity index (χ3v) is 4.14. The first-order valence-corrected chi connectivity index (χ1v) is 7.17. The molecule has 1 amide bonds. The normalized spacial score (nSPS) is 25.1. The summed E-state index contributed by atoms with van der Waals surface area (Å²) in [6, 6.07) is 2.71. The molecule has 17 heavy (non-hydrogen) atoms. The highest BCUT2D eigenvalue weighted by atomic mass is 32.1. The molecule has 2 heterocycles. The first kappa shape index (κ1) is 12.6. The fraction of sp³-hybridized carbons (Fsp3) is 0.615. The molecule has 1 aliphatic heterocycles. The molecule has 0 aromatic carbocycles. The molecular weight excluding hydrogens is 232 g/mol. The number of likely N-dealkylation sites (tertiary alicyclic amines) is 1. The minimum absolute atomic E-state index is 0.144. The van der Waals surface area contributed by atoms with Crippen LogP contribution in [0.4, 0.5) is 0 Å². The largest absolute Gasteiger partial charge is 0.355 e. The van der Waals surface area contributed by atoms with E-state index in [4.69, 9.17) is 0 Å². The van der Waals surface area contributed by atoms with Crippen LogP contribution in [-0.2, 0) is 4.79 Å². The summed E-state index contributed by atoms with van der Waals surface area (Å²) in [6.07, 6.45) is 1.16. The Bertz CT molecular complexity index is 364. The highest BCUT2D eigenvalue weighted by molar-refractivity contribution is 7.07. The van der Waals surface area contributed by atoms with Crippen molar-refractivity contribution in [1.82, 2.24) is 10.2 Å². The maximum atomic E-state index is 11.6. The zero-order chi connectivity index (χ0) is 12.3. The first-order chi connectivity index (χ1) is 8.20. The predicted octanol–water partition coefficient (Wildman–Crippen LogP) is 2.06. The summed E-state index contributed by atoms with van der Waals surface area (Å²) >= 11 is 1.75. The van der Waals surface area contributed by atoms with Crippen molar-refractivity contribution in [2.45, 2.75) is 32.2 Å². The summed E-state index contributed by atoms with van der Waals surface area (Å²) in [6.45, 7) is 6.44. The number of rotatable bonds is 4. The lowest BCUT2D eigenvalue weighted by atomic mass is 10.00. The second-order valence-electron chi connectivity index (χ2n) is 4.72. The number of carbonyl (C=O) groups excluding carboxylic acids is 1. The summed E-state index contributed by atoms with van der Waals surface area (Å²) in [5.41, 5.74) is 1.43. The number of hydrogen-bond donors (Lipinski definition) is 1. The van der Waals surface area contributed by atoms with Gasteiger partial charge >= 0.3 is 0 Å². The number of thiophene rings is 1. The molecular formula is C13H20N2OS. The Kier molecular flexibility index (Phi) is 4.18. The Morgan fingerprint density at radius 1 is 1.65 bits per heavy atom. The molecule has 1 aliphatic rings. The van der Waals surface area contributed by atoms with Crippen LogP contribution in [0.5, 0.6) is 0 Å². The van der Waals surface area contributed by atoms with Gasteiger partial charge in [0.25, 0.3) is 0 Å². The Labute approximate surface area is 107 Å². The smallest absolute Gasteiger partial charge is 0.234 e. The van der Waals surface area contributed by atoms with Crippen molar-refractivity contribution in [3.8, 4) is 0 Å². The van der Waals surface area contributed by atoms with Gasteiger partial charge < -0.3 is 5.32 Å². The topological polar surface area (TPSA) is 32.3 Å². The average Bonchev–Trinajstić information content (AvgIpc) is 2.89. The van der Waals surface area contributed by atoms with E-state index in [9.17, 15) is 4.79 Å². The van der Waals surface area contributed by atoms with Crippen LogP contribution in [0.3, 0.4) is 0 Å². The quantitative estimate of drug-likeness (QED) is 0.889. The second kappa shape index (κ2) is 5.65. The summed E-state index contributed by atoms with van der Waals surface area (Å²) in [5, 5.41) is 7.22. The first-order valence-electron chi connectivity index (χ1n) is 6.23. The van der Waals surface area contributed by atoms with Gasteiger partial charge in [0.1, 0.15) is 0 Å². The van der Waals surface area contributed by atoms with Crippen molar-refractivity contribution < 1.29 is 4.79 Å². The van der Waals surface area contributed by atoms with Crippen LogP contribution < -0.4 is 5.32 Å². The second-order valence-corrected chi connectivity index (χ2v) is 5.50. The number of nitrogens with one attached hydrogen (secondary N) is 1. The molecule has 1 aromatic heterocycles. The van der Waals surface area contributed by atoms with Crippen LogP contribution in [0.1, 0.15) is 31.7 Å². The van der Waals surface area contributed by atoms with Crippen molar-refractivity contribution in [1.29, 1.82) is 0 Å². The van der Waals surface area contributed by atoms with E-state index in [1.807, 2.05) is 6.92 Å². The third-order valence-electron chi connectivity index (χ3n) is 3.44. The van der Waals surface area contributed by atoms with Gasteiger partial charge in [-0.25, -0.2) is 0 Å². The molecule has 0 spiro atoms. The number of carbonyl (C=O) groups is 1. The van der Waals surface area contributed by atoms with Crippen LogP contribution in [0, 0.1) is 0 Å². The number of nitrogens with zero attached hydrogens (tertiary/aromatic N) is 1. The highest BCUT2D eigenvalue weighted by Gasteiger charge is 2.31. The van der Waals surface area contributed by atoms with Crippen molar-refractivity contribution in [3.05, 3.63) is 22.4 Å². The summed E-state index contributed by atoms with van der Waals surface area (Å²) in [4.78, 5) is 13.9. The van der Waals surface area contributed by atoms with E-state index >= 15 is 0 Å². The van der Waals surface area contributed by atoms with Crippen LogP contribution in [0.25, 0.3) is 0 Å². The van der Waals surface area contributed by atoms with Crippen LogP contribution in [-0.4, -0.2) is 36.5 Å². The molecule has 0 aliphatic carbocycles. The van der Waals surface area contributed by atoms with Gasteiger partial charge in [-0.1, -0.05) is 0 Å². The average molecular weight is 252 g/mol. The lowest BCUT2D eigenvalue weighted by Crippen LogP contribution is -2.38. The van der Waals surface area contributed by atoms with Gasteiger partial charge in [0.05, 0.1) is 6.54 Å². The summed E-state index contributed by atoms with van der Waals surface area (Å²) in [5.74, 6) is 0.746. The van der Waals surface area contributed by atoms with Gasteiger partial charge in [-0.05, 0) is 48.6 Å². The van der Waals surface area contributed by atoms with Crippen molar-refractivity contribution in [2.24, 2.45) is 0 Å². The van der Waals surface area contributed by atoms with Gasteiger partial charge in [-0.2, -0.15) is 11.3 Å². The molecule has 2 atom stereocenters. The Morgan fingerprint density at radius 2 is 2.47 bits per heavy atom. The molecule has 4 heteroatoms. The van der Waals surface area contributed by atoms with E-state index in [0.29, 0.717) is 18.5 Å². The van der Waals surface area contributed by atoms with Crippen molar-refractivity contribution >= 4 is 17.2 Å². The van der Waals surface area contributed by atoms with Gasteiger partial charge in [0, 0.05) is 19.1 Å². The minimum Gasteiger partial charge on any atom is -0.355 e. The fourth-order valence-electron chi connectivity index (χ4n) is 2.51. The van der Waals surface area contributed by atoms with Gasteiger partial charge in [0.15, 0.2) is 0 Å². The highest BCUT2D eigenvalue weighted by Crippen LogP contribution is 2.32. The molecule has 3 nitrogen and oxygen atoms in total. The van der Waals surface area contributed by atoms with Crippen molar-refractivity contribution in [3.63, 3.8) is 0 Å². The Balaban J connectivity index is 1.91. The molecule has 94 valence electrons. The Hall–Kier alpha value is -0.870. The van der Waals surface area contributed by atoms with Gasteiger partial charge in [0.2, 0.25) is 5.91 Å². The zero-order valence-corrected chi connectivity index (χ0v) is 11.3. The van der Waals surface area contributed by atoms with E-state index < -0.39 is 0 Å². The molecule has 2 rings (SSSR count). The maximum absolute atomic E-state index is 11.6. The summed E-state index contributed by atoms with van der Waals surface area (Å²) < 4.78 is 0. The molecule has 1 saturated heterocycles. The molecule has 1 fully saturated rings. The number of amides is 1. The lowest BCUT2D eigenvalue weighted by Gasteiger charge is -2.19. The molecule has 0 unspecified atom stereocenters. The van der Waals surface area contributed by atoms with E-state index in [2.05, 4.69) is 34.0 Å². The van der Waals surface area contributed by atoms with Crippen LogP contribution in [0.2, 0.25) is 0 Å². The molecule has 1 aromatic rings. The van der Waals surface area contributed by atoms with Crippen LogP contribution >= 0.6 is 11.3 Å². The van der Waals surface area contributed by atoms with E-state index in [1.165, 1.54) is 5.56 Å². The van der Waals surface area contributed by atoms with E-state index in [0.717, 1.165) is 19.5 Å². The molecule has 0 radical (unpaired) electrons. The van der Waals surface area contributed by atoms with Gasteiger partial charge in [-0.15, -0.1) is 0 Å². The Morgan fingerprint density at radius 3 is 3.12 bits per heavy atom. The monoisotopic (exact) mass is 252 g/mol. The molecule has 1 N–H and O–H groups in total. The van der Waals surface area contributed by atoms with Crippen molar-refractivity contribution in [2.75, 3.05) is 19.6 Å². The molecule has 0 saturated carbocycles. The van der Waals surface area contributed by atoms with Crippen LogP contribution in [0.15, 0.2) is 16.8 Å². The number of hydrogen-bond acceptors (Lipinski definition) is 3. The van der Waals surface area contributed by atoms with Gasteiger partial charge in [-0.3, -0.25) is 9.69 Å². The predicted molar refractivity (Wildman–Crippen MR) is 71.4 cm³/mol. The fourth-order valence-corrected chi connectivity index (χ4v) is 3.25. The third kappa shape index (κ3) is 3.07. The maximum Gasteiger partial charge on any atom is 0.234 e. The minimum atomic E-state index is 0.144. The standard InChI is InChI=1S/C13H20N2OS/c1-3-14-13(16)8-15-7-12(6-10(15)2)11-4-5-17-9-11/h4-5,9-10,12H,3,6-8H2,1-2H3,(H,14,16)/t10-,12+/m0/s1. The molecule has 0 bridgehead atoms. The van der Waals surface area contributed by atoms with E-state index in [1.54, 1.807) is 11.3 Å².